The van der Waals surface area contributed by atoms with Gasteiger partial charge in [-0.2, -0.15) is 8.42 Å². The van der Waals surface area contributed by atoms with Crippen LogP contribution in [0.3, 0.4) is 0 Å². The van der Waals surface area contributed by atoms with Gasteiger partial charge in [-0.1, -0.05) is 18.2 Å². The van der Waals surface area contributed by atoms with Crippen LogP contribution >= 0.6 is 0 Å². The second-order valence-electron chi connectivity index (χ2n) is 4.11. The minimum absolute atomic E-state index is 0.00371. The summed E-state index contributed by atoms with van der Waals surface area (Å²) in [5.74, 6) is -0.0966. The highest BCUT2D eigenvalue weighted by atomic mass is 32.2. The fraction of sp³-hybridized carbons (Fsp3) is 0.0769. The zero-order chi connectivity index (χ0) is 14.8. The number of rotatable bonds is 4. The van der Waals surface area contributed by atoms with Crippen LogP contribution in [0.1, 0.15) is 5.56 Å². The first-order chi connectivity index (χ1) is 9.38. The molecule has 2 aromatic rings. The summed E-state index contributed by atoms with van der Waals surface area (Å²) in [6.07, 6.45) is 0. The first kappa shape index (κ1) is 14.0. The minimum atomic E-state index is -4.00. The molecule has 7 heteroatoms. The van der Waals surface area contributed by atoms with Crippen molar-refractivity contribution in [1.29, 1.82) is 0 Å². The van der Waals surface area contributed by atoms with Crippen molar-refractivity contribution in [1.82, 2.24) is 0 Å². The largest absolute Gasteiger partial charge is 0.379 e. The Balaban J connectivity index is 2.33. The van der Waals surface area contributed by atoms with Crippen LogP contribution in [-0.4, -0.2) is 13.3 Å². The third-order valence-corrected chi connectivity index (χ3v) is 3.76. The van der Waals surface area contributed by atoms with E-state index >= 15 is 0 Å². The lowest BCUT2D eigenvalue weighted by Crippen LogP contribution is -2.10. The molecule has 2 aromatic carbocycles. The van der Waals surface area contributed by atoms with E-state index in [0.29, 0.717) is 0 Å². The summed E-state index contributed by atoms with van der Waals surface area (Å²) in [6.45, 7) is 1.76. The summed E-state index contributed by atoms with van der Waals surface area (Å²) in [4.78, 5) is 10.0. The van der Waals surface area contributed by atoms with Gasteiger partial charge in [-0.15, -0.1) is 0 Å². The number of nitro benzene ring substituents is 1. The molecule has 0 spiro atoms. The van der Waals surface area contributed by atoms with Crippen LogP contribution in [-0.2, 0) is 10.1 Å². The van der Waals surface area contributed by atoms with E-state index in [-0.39, 0.29) is 16.3 Å². The molecule has 0 N–H and O–H groups in total. The van der Waals surface area contributed by atoms with E-state index in [1.807, 2.05) is 0 Å². The Morgan fingerprint density at radius 1 is 1.10 bits per heavy atom. The predicted octanol–water partition coefficient (Wildman–Crippen LogP) is 2.67. The zero-order valence-electron chi connectivity index (χ0n) is 10.5. The zero-order valence-corrected chi connectivity index (χ0v) is 11.3. The predicted molar refractivity (Wildman–Crippen MR) is 72.1 cm³/mol. The summed E-state index contributed by atoms with van der Waals surface area (Å²) >= 11 is 0. The summed E-state index contributed by atoms with van der Waals surface area (Å²) in [5.41, 5.74) is 0.538. The normalized spacial score (nSPS) is 11.1. The molecule has 6 nitrogen and oxygen atoms in total. The number of hydrogen-bond acceptors (Lipinski definition) is 5. The lowest BCUT2D eigenvalue weighted by Gasteiger charge is -2.07. The molecule has 0 radical (unpaired) electrons. The molecule has 0 fully saturated rings. The molecular formula is C13H11NO5S. The van der Waals surface area contributed by atoms with Crippen LogP contribution in [0.5, 0.6) is 5.75 Å². The maximum absolute atomic E-state index is 12.0. The molecule has 0 aromatic heterocycles. The van der Waals surface area contributed by atoms with Gasteiger partial charge < -0.3 is 4.18 Å². The van der Waals surface area contributed by atoms with Gasteiger partial charge in [-0.05, 0) is 30.7 Å². The monoisotopic (exact) mass is 293 g/mol. The minimum Gasteiger partial charge on any atom is -0.379 e. The summed E-state index contributed by atoms with van der Waals surface area (Å²) in [7, 11) is -4.00. The molecule has 0 bridgehead atoms. The van der Waals surface area contributed by atoms with Crippen LogP contribution in [0.2, 0.25) is 0 Å². The first-order valence-corrected chi connectivity index (χ1v) is 7.05. The Kier molecular flexibility index (Phi) is 3.71. The SMILES string of the molecule is Cc1cccc(S(=O)(=O)Oc2cccc([N+](=O)[O-])c2)c1. The van der Waals surface area contributed by atoms with Gasteiger partial charge in [-0.3, -0.25) is 10.1 Å². The number of benzene rings is 2. The molecule has 0 aliphatic carbocycles. The van der Waals surface area contributed by atoms with E-state index in [1.54, 1.807) is 19.1 Å². The summed E-state index contributed by atoms with van der Waals surface area (Å²) < 4.78 is 29.0. The molecular weight excluding hydrogens is 282 g/mol. The van der Waals surface area contributed by atoms with E-state index in [4.69, 9.17) is 4.18 Å². The van der Waals surface area contributed by atoms with Crippen molar-refractivity contribution in [2.24, 2.45) is 0 Å². The highest BCUT2D eigenvalue weighted by molar-refractivity contribution is 7.87. The molecule has 0 amide bonds. The number of hydrogen-bond donors (Lipinski definition) is 0. The van der Waals surface area contributed by atoms with Crippen LogP contribution in [0.15, 0.2) is 53.4 Å². The Morgan fingerprint density at radius 2 is 1.80 bits per heavy atom. The Labute approximate surface area is 115 Å². The summed E-state index contributed by atoms with van der Waals surface area (Å²) in [5, 5.41) is 10.6. The van der Waals surface area contributed by atoms with Crippen molar-refractivity contribution in [3.05, 3.63) is 64.2 Å². The van der Waals surface area contributed by atoms with Crippen molar-refractivity contribution in [3.8, 4) is 5.75 Å². The van der Waals surface area contributed by atoms with Gasteiger partial charge in [0.05, 0.1) is 11.0 Å². The van der Waals surface area contributed by atoms with Crippen LogP contribution in [0.4, 0.5) is 5.69 Å². The average molecular weight is 293 g/mol. The van der Waals surface area contributed by atoms with Gasteiger partial charge in [0.1, 0.15) is 10.6 Å². The van der Waals surface area contributed by atoms with Crippen molar-refractivity contribution in [2.45, 2.75) is 11.8 Å². The molecule has 0 heterocycles. The fourth-order valence-electron chi connectivity index (χ4n) is 1.59. The molecule has 0 aliphatic heterocycles. The average Bonchev–Trinajstić information content (AvgIpc) is 2.38. The van der Waals surface area contributed by atoms with Gasteiger partial charge in [-0.25, -0.2) is 0 Å². The maximum atomic E-state index is 12.0. The van der Waals surface area contributed by atoms with Crippen LogP contribution in [0, 0.1) is 17.0 Å². The standard InChI is InChI=1S/C13H11NO5S/c1-10-4-2-7-13(8-10)20(17,18)19-12-6-3-5-11(9-12)14(15)16/h2-9H,1H3. The second-order valence-corrected chi connectivity index (χ2v) is 5.65. The van der Waals surface area contributed by atoms with E-state index < -0.39 is 15.0 Å². The molecule has 2 rings (SSSR count). The Bertz CT molecular complexity index is 755. The number of non-ortho nitro benzene ring substituents is 1. The highest BCUT2D eigenvalue weighted by Gasteiger charge is 2.18. The topological polar surface area (TPSA) is 86.5 Å². The molecule has 104 valence electrons. The summed E-state index contributed by atoms with van der Waals surface area (Å²) in [6, 6.07) is 11.2. The Morgan fingerprint density at radius 3 is 2.45 bits per heavy atom. The van der Waals surface area contributed by atoms with E-state index in [9.17, 15) is 18.5 Å². The van der Waals surface area contributed by atoms with Crippen molar-refractivity contribution >= 4 is 15.8 Å². The molecule has 0 atom stereocenters. The van der Waals surface area contributed by atoms with Gasteiger partial charge in [0.15, 0.2) is 0 Å². The number of nitro groups is 1. The third kappa shape index (κ3) is 3.12. The van der Waals surface area contributed by atoms with Crippen molar-refractivity contribution in [3.63, 3.8) is 0 Å². The third-order valence-electron chi connectivity index (χ3n) is 2.51. The molecule has 0 saturated carbocycles. The lowest BCUT2D eigenvalue weighted by atomic mass is 10.2. The smallest absolute Gasteiger partial charge is 0.339 e. The highest BCUT2D eigenvalue weighted by Crippen LogP contribution is 2.23. The van der Waals surface area contributed by atoms with E-state index in [2.05, 4.69) is 0 Å². The van der Waals surface area contributed by atoms with Gasteiger partial charge in [0, 0.05) is 6.07 Å². The second kappa shape index (κ2) is 5.30. The van der Waals surface area contributed by atoms with E-state index in [1.165, 1.54) is 30.3 Å². The molecule has 0 aliphatic rings. The van der Waals surface area contributed by atoms with Gasteiger partial charge in [0.2, 0.25) is 0 Å². The fourth-order valence-corrected chi connectivity index (χ4v) is 2.62. The molecule has 0 unspecified atom stereocenters. The van der Waals surface area contributed by atoms with E-state index in [0.717, 1.165) is 11.6 Å². The first-order valence-electron chi connectivity index (χ1n) is 5.64. The lowest BCUT2D eigenvalue weighted by molar-refractivity contribution is -0.384. The maximum Gasteiger partial charge on any atom is 0.339 e. The van der Waals surface area contributed by atoms with Gasteiger partial charge in [0.25, 0.3) is 5.69 Å². The van der Waals surface area contributed by atoms with Crippen LogP contribution < -0.4 is 4.18 Å². The number of aryl methyl sites for hydroxylation is 1. The Hall–Kier alpha value is -2.41. The van der Waals surface area contributed by atoms with Crippen LogP contribution in [0.25, 0.3) is 0 Å². The number of nitrogens with zero attached hydrogens (tertiary/aromatic N) is 1. The van der Waals surface area contributed by atoms with Crippen molar-refractivity contribution in [2.75, 3.05) is 0 Å². The molecule has 0 saturated heterocycles. The van der Waals surface area contributed by atoms with Crippen molar-refractivity contribution < 1.29 is 17.5 Å². The molecule has 20 heavy (non-hydrogen) atoms. The van der Waals surface area contributed by atoms with Gasteiger partial charge >= 0.3 is 10.1 Å². The quantitative estimate of drug-likeness (QED) is 0.491.